The van der Waals surface area contributed by atoms with Crippen LogP contribution in [0.1, 0.15) is 40.5 Å². The van der Waals surface area contributed by atoms with E-state index in [4.69, 9.17) is 39.5 Å². The molecule has 0 radical (unpaired) electrons. The summed E-state index contributed by atoms with van der Waals surface area (Å²) in [6.07, 6.45) is 1.08. The number of hydrogen-bond acceptors (Lipinski definition) is 6. The quantitative estimate of drug-likeness (QED) is 0.376. The summed E-state index contributed by atoms with van der Waals surface area (Å²) in [5, 5.41) is 7.17. The molecule has 0 aromatic rings. The standard InChI is InChI=1S/C17H29Cl3N4O4/c1-5-21-13(10(2)3)14(25)22-11(4)15(26)24-8-6-7-12(23-24)16(27)28-9-17(18,19)20/h10-13,21,23H,5-9H2,1-4H3,(H,22,25)/t11-,12-,13-/m0/s1. The Labute approximate surface area is 180 Å². The first-order valence-corrected chi connectivity index (χ1v) is 10.4. The lowest BCUT2D eigenvalue weighted by Crippen LogP contribution is -2.60. The maximum Gasteiger partial charge on any atom is 0.325 e. The fraction of sp³-hybridized carbons (Fsp3) is 0.824. The minimum atomic E-state index is -1.70. The number of esters is 1. The summed E-state index contributed by atoms with van der Waals surface area (Å²) in [5.41, 5.74) is 2.83. The number of ether oxygens (including phenoxy) is 1. The second-order valence-corrected chi connectivity index (χ2v) is 9.56. The van der Waals surface area contributed by atoms with Crippen molar-refractivity contribution in [3.63, 3.8) is 0 Å². The number of alkyl halides is 3. The number of hydrogen-bond donors (Lipinski definition) is 3. The van der Waals surface area contributed by atoms with Crippen molar-refractivity contribution < 1.29 is 19.1 Å². The lowest BCUT2D eigenvalue weighted by molar-refractivity contribution is -0.152. The first kappa shape index (κ1) is 25.2. The van der Waals surface area contributed by atoms with Crippen LogP contribution >= 0.6 is 34.8 Å². The van der Waals surface area contributed by atoms with Crippen molar-refractivity contribution >= 4 is 52.6 Å². The molecule has 1 rings (SSSR count). The van der Waals surface area contributed by atoms with Crippen LogP contribution < -0.4 is 16.1 Å². The van der Waals surface area contributed by atoms with Gasteiger partial charge in [0.2, 0.25) is 9.70 Å². The molecular formula is C17H29Cl3N4O4. The average molecular weight is 460 g/mol. The Balaban J connectivity index is 2.62. The smallest absolute Gasteiger partial charge is 0.325 e. The molecule has 1 aliphatic rings. The van der Waals surface area contributed by atoms with Crippen molar-refractivity contribution in [2.75, 3.05) is 19.7 Å². The van der Waals surface area contributed by atoms with Crippen molar-refractivity contribution in [1.29, 1.82) is 0 Å². The Bertz CT molecular complexity index is 557. The van der Waals surface area contributed by atoms with Gasteiger partial charge in [0.05, 0.1) is 6.04 Å². The van der Waals surface area contributed by atoms with E-state index in [2.05, 4.69) is 16.1 Å². The Morgan fingerprint density at radius 2 is 1.89 bits per heavy atom. The minimum absolute atomic E-state index is 0.0763. The molecule has 1 aliphatic heterocycles. The minimum Gasteiger partial charge on any atom is -0.460 e. The first-order valence-electron chi connectivity index (χ1n) is 9.31. The van der Waals surface area contributed by atoms with Crippen LogP contribution in [0.15, 0.2) is 0 Å². The molecule has 8 nitrogen and oxygen atoms in total. The molecule has 3 N–H and O–H groups in total. The van der Waals surface area contributed by atoms with E-state index < -0.39 is 21.8 Å². The van der Waals surface area contributed by atoms with Gasteiger partial charge in [-0.05, 0) is 32.2 Å². The number of nitrogens with one attached hydrogen (secondary N) is 3. The molecule has 3 atom stereocenters. The van der Waals surface area contributed by atoms with Crippen LogP contribution in [-0.4, -0.2) is 64.4 Å². The van der Waals surface area contributed by atoms with E-state index in [-0.39, 0.29) is 30.4 Å². The van der Waals surface area contributed by atoms with E-state index in [9.17, 15) is 14.4 Å². The molecule has 1 saturated heterocycles. The molecule has 0 saturated carbocycles. The van der Waals surface area contributed by atoms with E-state index in [1.165, 1.54) is 5.01 Å². The Morgan fingerprint density at radius 1 is 1.25 bits per heavy atom. The molecular weight excluding hydrogens is 431 g/mol. The monoisotopic (exact) mass is 458 g/mol. The zero-order valence-corrected chi connectivity index (χ0v) is 18.8. The molecule has 2 amide bonds. The largest absolute Gasteiger partial charge is 0.460 e. The topological polar surface area (TPSA) is 99.8 Å². The van der Waals surface area contributed by atoms with E-state index in [0.29, 0.717) is 25.9 Å². The summed E-state index contributed by atoms with van der Waals surface area (Å²) in [4.78, 5) is 37.2. The summed E-state index contributed by atoms with van der Waals surface area (Å²) in [6.45, 7) is 8.05. The van der Waals surface area contributed by atoms with E-state index in [0.717, 1.165) is 0 Å². The highest BCUT2D eigenvalue weighted by Crippen LogP contribution is 2.26. The van der Waals surface area contributed by atoms with Crippen molar-refractivity contribution in [3.8, 4) is 0 Å². The van der Waals surface area contributed by atoms with Gasteiger partial charge < -0.3 is 15.4 Å². The first-order chi connectivity index (χ1) is 13.0. The lowest BCUT2D eigenvalue weighted by Gasteiger charge is -2.34. The third-order valence-corrected chi connectivity index (χ3v) is 4.54. The van der Waals surface area contributed by atoms with Gasteiger partial charge in [-0.3, -0.25) is 19.4 Å². The maximum atomic E-state index is 12.7. The van der Waals surface area contributed by atoms with Crippen LogP contribution in [0.25, 0.3) is 0 Å². The van der Waals surface area contributed by atoms with Gasteiger partial charge in [0, 0.05) is 6.54 Å². The van der Waals surface area contributed by atoms with Gasteiger partial charge in [-0.1, -0.05) is 55.6 Å². The molecule has 0 bridgehead atoms. The van der Waals surface area contributed by atoms with Crippen LogP contribution in [0.4, 0.5) is 0 Å². The summed E-state index contributed by atoms with van der Waals surface area (Å²) in [6, 6.07) is -1.87. The number of carbonyl (C=O) groups excluding carboxylic acids is 3. The van der Waals surface area contributed by atoms with Crippen LogP contribution in [0.3, 0.4) is 0 Å². The molecule has 11 heteroatoms. The van der Waals surface area contributed by atoms with Gasteiger partial charge in [0.15, 0.2) is 0 Å². The summed E-state index contributed by atoms with van der Waals surface area (Å²) in [7, 11) is 0. The van der Waals surface area contributed by atoms with Gasteiger partial charge in [-0.25, -0.2) is 5.43 Å². The van der Waals surface area contributed by atoms with Crippen LogP contribution in [0.2, 0.25) is 0 Å². The predicted molar refractivity (Wildman–Crippen MR) is 109 cm³/mol. The molecule has 0 aromatic carbocycles. The predicted octanol–water partition coefficient (Wildman–Crippen LogP) is 1.53. The van der Waals surface area contributed by atoms with Crippen LogP contribution in [0.5, 0.6) is 0 Å². The molecule has 1 heterocycles. The van der Waals surface area contributed by atoms with E-state index in [1.807, 2.05) is 20.8 Å². The van der Waals surface area contributed by atoms with E-state index in [1.54, 1.807) is 6.92 Å². The average Bonchev–Trinajstić information content (AvgIpc) is 2.62. The van der Waals surface area contributed by atoms with Crippen molar-refractivity contribution in [2.45, 2.75) is 62.5 Å². The number of amides is 2. The zero-order chi connectivity index (χ0) is 21.5. The molecule has 162 valence electrons. The van der Waals surface area contributed by atoms with Crippen molar-refractivity contribution in [1.82, 2.24) is 21.1 Å². The van der Waals surface area contributed by atoms with Crippen LogP contribution in [-0.2, 0) is 19.1 Å². The fourth-order valence-electron chi connectivity index (χ4n) is 2.82. The van der Waals surface area contributed by atoms with Crippen LogP contribution in [0, 0.1) is 5.92 Å². The number of hydrazine groups is 1. The highest BCUT2D eigenvalue weighted by Gasteiger charge is 2.33. The Hall–Kier alpha value is -0.800. The number of nitrogens with zero attached hydrogens (tertiary/aromatic N) is 1. The maximum absolute atomic E-state index is 12.7. The highest BCUT2D eigenvalue weighted by molar-refractivity contribution is 6.67. The van der Waals surface area contributed by atoms with Crippen molar-refractivity contribution in [2.24, 2.45) is 5.92 Å². The Kier molecular flexibility index (Phi) is 10.3. The second-order valence-electron chi connectivity index (χ2n) is 7.05. The van der Waals surface area contributed by atoms with Gasteiger partial charge in [-0.2, -0.15) is 0 Å². The fourth-order valence-corrected chi connectivity index (χ4v) is 2.98. The molecule has 0 spiro atoms. The number of likely N-dealkylation sites (N-methyl/N-ethyl adjacent to an activating group) is 1. The Morgan fingerprint density at radius 3 is 2.43 bits per heavy atom. The number of halogens is 3. The molecule has 1 fully saturated rings. The second kappa shape index (κ2) is 11.4. The molecule has 0 aliphatic carbocycles. The lowest BCUT2D eigenvalue weighted by atomic mass is 10.0. The van der Waals surface area contributed by atoms with Gasteiger partial charge in [0.1, 0.15) is 18.7 Å². The summed E-state index contributed by atoms with van der Waals surface area (Å²) >= 11 is 16.7. The zero-order valence-electron chi connectivity index (χ0n) is 16.6. The van der Waals surface area contributed by atoms with Crippen molar-refractivity contribution in [3.05, 3.63) is 0 Å². The summed E-state index contributed by atoms with van der Waals surface area (Å²) < 4.78 is 3.27. The van der Waals surface area contributed by atoms with Gasteiger partial charge >= 0.3 is 5.97 Å². The van der Waals surface area contributed by atoms with Gasteiger partial charge in [0.25, 0.3) is 5.91 Å². The van der Waals surface area contributed by atoms with Gasteiger partial charge in [-0.15, -0.1) is 0 Å². The third-order valence-electron chi connectivity index (χ3n) is 4.22. The summed E-state index contributed by atoms with van der Waals surface area (Å²) in [5.74, 6) is -1.11. The highest BCUT2D eigenvalue weighted by atomic mass is 35.6. The number of carbonyl (C=O) groups is 3. The normalized spacial score (nSPS) is 19.9. The molecule has 0 unspecified atom stereocenters. The third kappa shape index (κ3) is 8.29. The SMILES string of the molecule is CCN[C@H](C(=O)N[C@@H](C)C(=O)N1CCC[C@@H](C(=O)OCC(Cl)(Cl)Cl)N1)C(C)C. The number of rotatable bonds is 8. The van der Waals surface area contributed by atoms with E-state index >= 15 is 0 Å². The molecule has 0 aromatic heterocycles. The molecule has 28 heavy (non-hydrogen) atoms.